The van der Waals surface area contributed by atoms with Crippen LogP contribution in [0.1, 0.15) is 16.8 Å². The fourth-order valence-electron chi connectivity index (χ4n) is 2.70. The standard InChI is InChI=1S/C21H25N5O/c1-16-14-20(23-15-18-4-6-19(27-3)7-5-18)25-21(24-16)26(2)13-10-17-8-11-22-12-9-17/h4-9,11-12,14H,10,13,15H2,1-3H3,(H,23,24,25). The molecule has 0 saturated heterocycles. The van der Waals surface area contributed by atoms with E-state index in [0.717, 1.165) is 36.2 Å². The van der Waals surface area contributed by atoms with Gasteiger partial charge in [0.2, 0.25) is 5.95 Å². The summed E-state index contributed by atoms with van der Waals surface area (Å²) in [6, 6.07) is 14.0. The van der Waals surface area contributed by atoms with Crippen LogP contribution in [-0.2, 0) is 13.0 Å². The molecule has 27 heavy (non-hydrogen) atoms. The maximum Gasteiger partial charge on any atom is 0.227 e. The Morgan fingerprint density at radius 1 is 1.00 bits per heavy atom. The molecule has 0 aliphatic rings. The van der Waals surface area contributed by atoms with Crippen molar-refractivity contribution in [2.24, 2.45) is 0 Å². The minimum atomic E-state index is 0.695. The van der Waals surface area contributed by atoms with Crippen LogP contribution in [0.5, 0.6) is 5.75 Å². The Hall–Kier alpha value is -3.15. The largest absolute Gasteiger partial charge is 0.497 e. The fourth-order valence-corrected chi connectivity index (χ4v) is 2.70. The van der Waals surface area contributed by atoms with Gasteiger partial charge in [-0.25, -0.2) is 4.98 Å². The molecular weight excluding hydrogens is 338 g/mol. The number of nitrogens with one attached hydrogen (secondary N) is 1. The van der Waals surface area contributed by atoms with Crippen LogP contribution in [0.15, 0.2) is 54.9 Å². The van der Waals surface area contributed by atoms with Crippen molar-refractivity contribution in [3.63, 3.8) is 0 Å². The van der Waals surface area contributed by atoms with Gasteiger partial charge in [0.05, 0.1) is 7.11 Å². The van der Waals surface area contributed by atoms with E-state index in [1.165, 1.54) is 11.1 Å². The second-order valence-electron chi connectivity index (χ2n) is 6.42. The first kappa shape index (κ1) is 18.6. The van der Waals surface area contributed by atoms with Gasteiger partial charge in [-0.05, 0) is 48.7 Å². The summed E-state index contributed by atoms with van der Waals surface area (Å²) >= 11 is 0. The smallest absolute Gasteiger partial charge is 0.227 e. The van der Waals surface area contributed by atoms with E-state index in [0.29, 0.717) is 6.54 Å². The molecule has 0 aliphatic heterocycles. The molecule has 1 N–H and O–H groups in total. The maximum absolute atomic E-state index is 5.19. The van der Waals surface area contributed by atoms with Gasteiger partial charge in [0.15, 0.2) is 0 Å². The van der Waals surface area contributed by atoms with E-state index in [4.69, 9.17) is 4.74 Å². The first-order valence-corrected chi connectivity index (χ1v) is 8.96. The van der Waals surface area contributed by atoms with Crippen LogP contribution in [0.3, 0.4) is 0 Å². The predicted molar refractivity (Wildman–Crippen MR) is 108 cm³/mol. The van der Waals surface area contributed by atoms with Gasteiger partial charge >= 0.3 is 0 Å². The summed E-state index contributed by atoms with van der Waals surface area (Å²) in [5, 5.41) is 3.38. The van der Waals surface area contributed by atoms with Gasteiger partial charge in [0.25, 0.3) is 0 Å². The second-order valence-corrected chi connectivity index (χ2v) is 6.42. The number of aromatic nitrogens is 3. The second kappa shape index (κ2) is 8.98. The molecule has 0 aliphatic carbocycles. The number of rotatable bonds is 8. The lowest BCUT2D eigenvalue weighted by molar-refractivity contribution is 0.414. The van der Waals surface area contributed by atoms with Gasteiger partial charge in [-0.15, -0.1) is 0 Å². The highest BCUT2D eigenvalue weighted by molar-refractivity contribution is 5.44. The van der Waals surface area contributed by atoms with Crippen molar-refractivity contribution < 1.29 is 4.74 Å². The summed E-state index contributed by atoms with van der Waals surface area (Å²) < 4.78 is 5.19. The van der Waals surface area contributed by atoms with Crippen LogP contribution in [0.2, 0.25) is 0 Å². The summed E-state index contributed by atoms with van der Waals surface area (Å²) in [4.78, 5) is 15.4. The summed E-state index contributed by atoms with van der Waals surface area (Å²) in [5.41, 5.74) is 3.36. The number of hydrogen-bond acceptors (Lipinski definition) is 6. The lowest BCUT2D eigenvalue weighted by Crippen LogP contribution is -2.23. The predicted octanol–water partition coefficient (Wildman–Crippen LogP) is 3.48. The quantitative estimate of drug-likeness (QED) is 0.661. The summed E-state index contributed by atoms with van der Waals surface area (Å²) in [6.45, 7) is 3.52. The highest BCUT2D eigenvalue weighted by Crippen LogP contribution is 2.16. The van der Waals surface area contributed by atoms with Gasteiger partial charge in [-0.3, -0.25) is 4.98 Å². The number of hydrogen-bond donors (Lipinski definition) is 1. The van der Waals surface area contributed by atoms with Crippen LogP contribution in [-0.4, -0.2) is 35.7 Å². The summed E-state index contributed by atoms with van der Waals surface area (Å²) in [5.74, 6) is 2.40. The normalized spacial score (nSPS) is 10.5. The molecule has 3 aromatic rings. The first-order chi connectivity index (χ1) is 13.1. The molecule has 2 aromatic heterocycles. The van der Waals surface area contributed by atoms with Crippen molar-refractivity contribution >= 4 is 11.8 Å². The fraction of sp³-hybridized carbons (Fsp3) is 0.286. The van der Waals surface area contributed by atoms with E-state index in [9.17, 15) is 0 Å². The molecule has 1 aromatic carbocycles. The van der Waals surface area contributed by atoms with E-state index in [2.05, 4.69) is 25.2 Å². The minimum Gasteiger partial charge on any atom is -0.497 e. The van der Waals surface area contributed by atoms with Gasteiger partial charge in [-0.2, -0.15) is 4.98 Å². The number of aryl methyl sites for hydroxylation is 1. The van der Waals surface area contributed by atoms with Crippen LogP contribution < -0.4 is 15.0 Å². The highest BCUT2D eigenvalue weighted by Gasteiger charge is 2.08. The van der Waals surface area contributed by atoms with E-state index in [-0.39, 0.29) is 0 Å². The number of methoxy groups -OCH3 is 1. The molecule has 2 heterocycles. The van der Waals surface area contributed by atoms with E-state index < -0.39 is 0 Å². The molecule has 0 unspecified atom stereocenters. The zero-order chi connectivity index (χ0) is 19.1. The molecule has 140 valence electrons. The molecule has 0 atom stereocenters. The molecule has 0 radical (unpaired) electrons. The average molecular weight is 363 g/mol. The van der Waals surface area contributed by atoms with Crippen molar-refractivity contribution in [2.75, 3.05) is 30.9 Å². The molecule has 0 saturated carbocycles. The first-order valence-electron chi connectivity index (χ1n) is 8.96. The lowest BCUT2D eigenvalue weighted by Gasteiger charge is -2.18. The van der Waals surface area contributed by atoms with E-state index >= 15 is 0 Å². The van der Waals surface area contributed by atoms with E-state index in [1.54, 1.807) is 7.11 Å². The van der Waals surface area contributed by atoms with Gasteiger partial charge < -0.3 is 15.0 Å². The van der Waals surface area contributed by atoms with Gasteiger partial charge in [-0.1, -0.05) is 12.1 Å². The Labute approximate surface area is 160 Å². The number of anilines is 2. The Morgan fingerprint density at radius 3 is 2.44 bits per heavy atom. The third-order valence-corrected chi connectivity index (χ3v) is 4.30. The third kappa shape index (κ3) is 5.41. The summed E-state index contributed by atoms with van der Waals surface area (Å²) in [6.07, 6.45) is 4.56. The zero-order valence-corrected chi connectivity index (χ0v) is 16.0. The van der Waals surface area contributed by atoms with Crippen molar-refractivity contribution in [2.45, 2.75) is 19.9 Å². The van der Waals surface area contributed by atoms with Crippen molar-refractivity contribution in [3.8, 4) is 5.75 Å². The van der Waals surface area contributed by atoms with Crippen LogP contribution >= 0.6 is 0 Å². The minimum absolute atomic E-state index is 0.695. The monoisotopic (exact) mass is 363 g/mol. The zero-order valence-electron chi connectivity index (χ0n) is 16.0. The van der Waals surface area contributed by atoms with Crippen molar-refractivity contribution in [3.05, 3.63) is 71.7 Å². The molecule has 0 spiro atoms. The number of pyridine rings is 1. The average Bonchev–Trinajstić information content (AvgIpc) is 2.71. The lowest BCUT2D eigenvalue weighted by atomic mass is 10.2. The van der Waals surface area contributed by atoms with Gasteiger partial charge in [0.1, 0.15) is 11.6 Å². The van der Waals surface area contributed by atoms with Crippen LogP contribution in [0.25, 0.3) is 0 Å². The Morgan fingerprint density at radius 2 is 1.74 bits per heavy atom. The Bertz CT molecular complexity index is 852. The Balaban J connectivity index is 1.62. The van der Waals surface area contributed by atoms with E-state index in [1.807, 2.05) is 68.8 Å². The maximum atomic E-state index is 5.19. The number of ether oxygens (including phenoxy) is 1. The molecule has 0 amide bonds. The molecule has 3 rings (SSSR count). The van der Waals surface area contributed by atoms with Crippen molar-refractivity contribution in [1.82, 2.24) is 15.0 Å². The number of benzene rings is 1. The van der Waals surface area contributed by atoms with Crippen molar-refractivity contribution in [1.29, 1.82) is 0 Å². The molecule has 0 bridgehead atoms. The number of likely N-dealkylation sites (N-methyl/N-ethyl adjacent to an activating group) is 1. The molecule has 6 heteroatoms. The topological polar surface area (TPSA) is 63.2 Å². The van der Waals surface area contributed by atoms with Crippen LogP contribution in [0.4, 0.5) is 11.8 Å². The summed E-state index contributed by atoms with van der Waals surface area (Å²) in [7, 11) is 3.69. The molecule has 6 nitrogen and oxygen atoms in total. The van der Waals surface area contributed by atoms with Crippen LogP contribution in [0, 0.1) is 6.92 Å². The SMILES string of the molecule is COc1ccc(CNc2cc(C)nc(N(C)CCc3ccncc3)n2)cc1. The Kier molecular flexibility index (Phi) is 6.20. The number of nitrogens with zero attached hydrogens (tertiary/aromatic N) is 4. The highest BCUT2D eigenvalue weighted by atomic mass is 16.5. The molecule has 0 fully saturated rings. The third-order valence-electron chi connectivity index (χ3n) is 4.30. The molecular formula is C21H25N5O. The van der Waals surface area contributed by atoms with Gasteiger partial charge in [0, 0.05) is 44.3 Å².